The molecule has 8 heteroatoms. The SMILES string of the molecule is C/C=C/CC(=O)N1C[C@H](NC(=O)c2ccc(C#N)nc2)C[C@H]1C(=O)NCC. The van der Waals surface area contributed by atoms with Crippen molar-refractivity contribution in [1.82, 2.24) is 20.5 Å². The zero-order valence-corrected chi connectivity index (χ0v) is 15.4. The van der Waals surface area contributed by atoms with Crippen LogP contribution in [0.15, 0.2) is 30.5 Å². The number of likely N-dealkylation sites (tertiary alicyclic amines) is 1. The predicted molar refractivity (Wildman–Crippen MR) is 98.4 cm³/mol. The minimum Gasteiger partial charge on any atom is -0.355 e. The van der Waals surface area contributed by atoms with Gasteiger partial charge in [-0.05, 0) is 32.4 Å². The highest BCUT2D eigenvalue weighted by Gasteiger charge is 2.39. The Balaban J connectivity index is 2.08. The average molecular weight is 369 g/mol. The fraction of sp³-hybridized carbons (Fsp3) is 0.421. The first-order chi connectivity index (χ1) is 13.0. The van der Waals surface area contributed by atoms with Crippen molar-refractivity contribution in [2.45, 2.75) is 38.8 Å². The summed E-state index contributed by atoms with van der Waals surface area (Å²) in [6.45, 7) is 4.39. The van der Waals surface area contributed by atoms with E-state index in [0.29, 0.717) is 18.5 Å². The fourth-order valence-corrected chi connectivity index (χ4v) is 2.96. The summed E-state index contributed by atoms with van der Waals surface area (Å²) in [5.74, 6) is -0.723. The fourth-order valence-electron chi connectivity index (χ4n) is 2.96. The smallest absolute Gasteiger partial charge is 0.253 e. The van der Waals surface area contributed by atoms with Gasteiger partial charge in [0.1, 0.15) is 17.8 Å². The van der Waals surface area contributed by atoms with E-state index in [9.17, 15) is 14.4 Å². The molecule has 1 fully saturated rings. The van der Waals surface area contributed by atoms with E-state index in [0.717, 1.165) is 0 Å². The first kappa shape index (κ1) is 20.1. The third-order valence-electron chi connectivity index (χ3n) is 4.28. The first-order valence-corrected chi connectivity index (χ1v) is 8.85. The van der Waals surface area contributed by atoms with Gasteiger partial charge in [0, 0.05) is 31.7 Å². The summed E-state index contributed by atoms with van der Waals surface area (Å²) in [5, 5.41) is 14.4. The summed E-state index contributed by atoms with van der Waals surface area (Å²) < 4.78 is 0. The standard InChI is InChI=1S/C19H23N5O3/c1-3-5-6-17(25)24-12-15(9-16(24)19(27)21-4-2)23-18(26)13-7-8-14(10-20)22-11-13/h3,5,7-8,11,15-16H,4,6,9,12H2,1-2H3,(H,21,27)(H,23,26)/b5-3+/t15-,16+/m1/s1. The van der Waals surface area contributed by atoms with Gasteiger partial charge in [0.2, 0.25) is 11.8 Å². The van der Waals surface area contributed by atoms with Crippen LogP contribution in [0.2, 0.25) is 0 Å². The second kappa shape index (κ2) is 9.48. The number of likely N-dealkylation sites (N-methyl/N-ethyl adjacent to an activating group) is 1. The molecule has 1 aromatic rings. The molecule has 2 atom stereocenters. The average Bonchev–Trinajstić information content (AvgIpc) is 3.10. The third-order valence-corrected chi connectivity index (χ3v) is 4.28. The van der Waals surface area contributed by atoms with E-state index >= 15 is 0 Å². The van der Waals surface area contributed by atoms with E-state index in [4.69, 9.17) is 5.26 Å². The van der Waals surface area contributed by atoms with Crippen LogP contribution in [-0.4, -0.2) is 52.8 Å². The number of allylic oxidation sites excluding steroid dienone is 1. The summed E-state index contributed by atoms with van der Waals surface area (Å²) in [4.78, 5) is 42.6. The van der Waals surface area contributed by atoms with Gasteiger partial charge in [-0.1, -0.05) is 12.2 Å². The number of nitriles is 1. The van der Waals surface area contributed by atoms with Crippen LogP contribution in [0.4, 0.5) is 0 Å². The molecule has 3 amide bonds. The molecule has 0 aliphatic carbocycles. The van der Waals surface area contributed by atoms with E-state index in [-0.39, 0.29) is 42.4 Å². The monoisotopic (exact) mass is 369 g/mol. The van der Waals surface area contributed by atoms with Crippen molar-refractivity contribution in [3.8, 4) is 6.07 Å². The number of aromatic nitrogens is 1. The maximum absolute atomic E-state index is 12.4. The second-order valence-corrected chi connectivity index (χ2v) is 6.18. The molecule has 8 nitrogen and oxygen atoms in total. The van der Waals surface area contributed by atoms with Crippen LogP contribution in [-0.2, 0) is 9.59 Å². The molecule has 1 aliphatic heterocycles. The number of nitrogens with zero attached hydrogens (tertiary/aromatic N) is 3. The molecular weight excluding hydrogens is 346 g/mol. The summed E-state index contributed by atoms with van der Waals surface area (Å²) >= 11 is 0. The molecule has 2 heterocycles. The molecular formula is C19H23N5O3. The molecule has 1 aromatic heterocycles. The lowest BCUT2D eigenvalue weighted by Crippen LogP contribution is -2.45. The van der Waals surface area contributed by atoms with Gasteiger partial charge in [-0.3, -0.25) is 14.4 Å². The van der Waals surface area contributed by atoms with Gasteiger partial charge in [-0.2, -0.15) is 5.26 Å². The van der Waals surface area contributed by atoms with Crippen molar-refractivity contribution in [3.63, 3.8) is 0 Å². The lowest BCUT2D eigenvalue weighted by Gasteiger charge is -2.23. The molecule has 0 saturated carbocycles. The first-order valence-electron chi connectivity index (χ1n) is 8.85. The zero-order valence-electron chi connectivity index (χ0n) is 15.4. The quantitative estimate of drug-likeness (QED) is 0.718. The number of hydrogen-bond donors (Lipinski definition) is 2. The molecule has 0 bridgehead atoms. The Bertz CT molecular complexity index is 767. The molecule has 1 saturated heterocycles. The molecule has 1 aliphatic rings. The highest BCUT2D eigenvalue weighted by atomic mass is 16.2. The number of amides is 3. The van der Waals surface area contributed by atoms with E-state index in [1.165, 1.54) is 23.2 Å². The summed E-state index contributed by atoms with van der Waals surface area (Å²) in [7, 11) is 0. The Morgan fingerprint density at radius 3 is 2.78 bits per heavy atom. The Morgan fingerprint density at radius 2 is 2.19 bits per heavy atom. The Labute approximate surface area is 158 Å². The molecule has 0 aromatic carbocycles. The third kappa shape index (κ3) is 5.14. The number of pyridine rings is 1. The maximum Gasteiger partial charge on any atom is 0.253 e. The zero-order chi connectivity index (χ0) is 19.8. The molecule has 2 rings (SSSR count). The van der Waals surface area contributed by atoms with Crippen LogP contribution in [0.25, 0.3) is 0 Å². The van der Waals surface area contributed by atoms with Gasteiger partial charge >= 0.3 is 0 Å². The van der Waals surface area contributed by atoms with Crippen molar-refractivity contribution in [3.05, 3.63) is 41.7 Å². The molecule has 27 heavy (non-hydrogen) atoms. The van der Waals surface area contributed by atoms with Crippen molar-refractivity contribution in [1.29, 1.82) is 5.26 Å². The minimum atomic E-state index is -0.605. The van der Waals surface area contributed by atoms with Crippen molar-refractivity contribution in [2.75, 3.05) is 13.1 Å². The summed E-state index contributed by atoms with van der Waals surface area (Å²) in [6.07, 6.45) is 5.42. The summed E-state index contributed by atoms with van der Waals surface area (Å²) in [6, 6.07) is 3.94. The van der Waals surface area contributed by atoms with E-state index in [1.807, 2.05) is 19.9 Å². The van der Waals surface area contributed by atoms with E-state index in [1.54, 1.807) is 12.2 Å². The number of carbonyl (C=O) groups excluding carboxylic acids is 3. The van der Waals surface area contributed by atoms with E-state index < -0.39 is 6.04 Å². The Kier molecular flexibility index (Phi) is 7.06. The maximum atomic E-state index is 12.4. The molecule has 2 N–H and O–H groups in total. The van der Waals surface area contributed by atoms with Gasteiger partial charge in [-0.15, -0.1) is 0 Å². The molecule has 0 spiro atoms. The number of carbonyl (C=O) groups is 3. The molecule has 0 unspecified atom stereocenters. The lowest BCUT2D eigenvalue weighted by atomic mass is 10.1. The van der Waals surface area contributed by atoms with Crippen molar-refractivity contribution in [2.24, 2.45) is 0 Å². The highest BCUT2D eigenvalue weighted by Crippen LogP contribution is 2.20. The summed E-state index contributed by atoms with van der Waals surface area (Å²) in [5.41, 5.74) is 0.548. The van der Waals surface area contributed by atoms with Crippen LogP contribution in [0, 0.1) is 11.3 Å². The normalized spacial score (nSPS) is 18.9. The van der Waals surface area contributed by atoms with Crippen LogP contribution >= 0.6 is 0 Å². The second-order valence-electron chi connectivity index (χ2n) is 6.18. The van der Waals surface area contributed by atoms with E-state index in [2.05, 4.69) is 15.6 Å². The Hall–Kier alpha value is -3.21. The highest BCUT2D eigenvalue weighted by molar-refractivity contribution is 5.94. The predicted octanol–water partition coefficient (Wildman–Crippen LogP) is 0.755. The van der Waals surface area contributed by atoms with Crippen LogP contribution in [0.5, 0.6) is 0 Å². The van der Waals surface area contributed by atoms with Crippen molar-refractivity contribution >= 4 is 17.7 Å². The minimum absolute atomic E-state index is 0.152. The lowest BCUT2D eigenvalue weighted by molar-refractivity contribution is -0.137. The molecule has 0 radical (unpaired) electrons. The van der Waals surface area contributed by atoms with Crippen LogP contribution in [0.3, 0.4) is 0 Å². The molecule has 142 valence electrons. The van der Waals surface area contributed by atoms with Gasteiger partial charge in [0.15, 0.2) is 0 Å². The van der Waals surface area contributed by atoms with Gasteiger partial charge in [0.05, 0.1) is 5.56 Å². The largest absolute Gasteiger partial charge is 0.355 e. The van der Waals surface area contributed by atoms with Gasteiger partial charge in [-0.25, -0.2) is 4.98 Å². The van der Waals surface area contributed by atoms with Crippen molar-refractivity contribution < 1.29 is 14.4 Å². The number of nitrogens with one attached hydrogen (secondary N) is 2. The van der Waals surface area contributed by atoms with Crippen LogP contribution in [0.1, 0.15) is 42.7 Å². The van der Waals surface area contributed by atoms with Crippen LogP contribution < -0.4 is 10.6 Å². The number of hydrogen-bond acceptors (Lipinski definition) is 5. The topological polar surface area (TPSA) is 115 Å². The van der Waals surface area contributed by atoms with Gasteiger partial charge in [0.25, 0.3) is 5.91 Å². The van der Waals surface area contributed by atoms with Gasteiger partial charge < -0.3 is 15.5 Å². The number of rotatable bonds is 6. The Morgan fingerprint density at radius 1 is 1.41 bits per heavy atom.